The third-order valence-electron chi connectivity index (χ3n) is 4.68. The van der Waals surface area contributed by atoms with Crippen molar-refractivity contribution in [3.8, 4) is 0 Å². The molecule has 2 N–H and O–H groups in total. The van der Waals surface area contributed by atoms with E-state index in [1.54, 1.807) is 12.3 Å². The molecule has 134 valence electrons. The van der Waals surface area contributed by atoms with Gasteiger partial charge >= 0.3 is 0 Å². The summed E-state index contributed by atoms with van der Waals surface area (Å²) in [5.74, 6) is 0.763. The van der Waals surface area contributed by atoms with Gasteiger partial charge in [-0.3, -0.25) is 4.79 Å². The number of pyridine rings is 1. The number of nitrogens with zero attached hydrogens (tertiary/aromatic N) is 2. The number of hydrogen-bond donors (Lipinski definition) is 2. The van der Waals surface area contributed by atoms with Gasteiger partial charge in [0.15, 0.2) is 0 Å². The molecule has 0 spiro atoms. The molecule has 1 aliphatic heterocycles. The Morgan fingerprint density at radius 3 is 2.96 bits per heavy atom. The van der Waals surface area contributed by atoms with E-state index < -0.39 is 0 Å². The van der Waals surface area contributed by atoms with Crippen LogP contribution in [0.15, 0.2) is 48.8 Å². The molecule has 1 fully saturated rings. The third kappa shape index (κ3) is 3.55. The number of aromatic amines is 1. The summed E-state index contributed by atoms with van der Waals surface area (Å²) in [5.41, 5.74) is 3.09. The Labute approximate surface area is 152 Å². The van der Waals surface area contributed by atoms with Crippen LogP contribution in [0, 0.1) is 0 Å². The van der Waals surface area contributed by atoms with Crippen LogP contribution < -0.4 is 5.32 Å². The van der Waals surface area contributed by atoms with E-state index in [0.717, 1.165) is 24.3 Å². The van der Waals surface area contributed by atoms with Crippen molar-refractivity contribution in [3.05, 3.63) is 59.9 Å². The smallest absolute Gasteiger partial charge is 0.254 e. The Balaban J connectivity index is 1.38. The molecule has 6 nitrogen and oxygen atoms in total. The van der Waals surface area contributed by atoms with Crippen molar-refractivity contribution < 1.29 is 9.53 Å². The quantitative estimate of drug-likeness (QED) is 0.742. The number of aromatic nitrogens is 2. The fourth-order valence-electron chi connectivity index (χ4n) is 3.27. The summed E-state index contributed by atoms with van der Waals surface area (Å²) in [6.07, 6.45) is 4.62. The molecule has 1 amide bonds. The van der Waals surface area contributed by atoms with Gasteiger partial charge in [-0.15, -0.1) is 0 Å². The molecule has 6 heteroatoms. The maximum Gasteiger partial charge on any atom is 0.254 e. The Hall–Kier alpha value is -2.86. The summed E-state index contributed by atoms with van der Waals surface area (Å²) in [6, 6.07) is 11.9. The first-order valence-electron chi connectivity index (χ1n) is 8.93. The second kappa shape index (κ2) is 7.58. The van der Waals surface area contributed by atoms with E-state index >= 15 is 0 Å². The normalized spacial score (nSPS) is 14.5. The number of carbonyl (C=O) groups excluding carboxylic acids is 1. The van der Waals surface area contributed by atoms with Crippen LogP contribution in [-0.2, 0) is 11.2 Å². The highest BCUT2D eigenvalue weighted by Gasteiger charge is 2.18. The molecule has 26 heavy (non-hydrogen) atoms. The van der Waals surface area contributed by atoms with Gasteiger partial charge in [-0.05, 0) is 30.2 Å². The van der Waals surface area contributed by atoms with Gasteiger partial charge in [0.1, 0.15) is 5.82 Å². The predicted octanol–water partition coefficient (Wildman–Crippen LogP) is 2.69. The molecule has 1 aromatic carbocycles. The number of benzene rings is 1. The zero-order chi connectivity index (χ0) is 17.8. The average molecular weight is 350 g/mol. The van der Waals surface area contributed by atoms with Crippen molar-refractivity contribution in [3.63, 3.8) is 0 Å². The van der Waals surface area contributed by atoms with Crippen LogP contribution in [0.25, 0.3) is 10.9 Å². The van der Waals surface area contributed by atoms with Gasteiger partial charge in [0.05, 0.1) is 13.2 Å². The minimum atomic E-state index is 0.0374. The Morgan fingerprint density at radius 1 is 1.23 bits per heavy atom. The largest absolute Gasteiger partial charge is 0.378 e. The van der Waals surface area contributed by atoms with E-state index in [9.17, 15) is 4.79 Å². The van der Waals surface area contributed by atoms with Crippen molar-refractivity contribution in [1.29, 1.82) is 0 Å². The third-order valence-corrected chi connectivity index (χ3v) is 4.68. The SMILES string of the molecule is O=C(c1ccnc(NCCc2c[nH]c3ccccc23)c1)N1CCOCC1. The lowest BCUT2D eigenvalue weighted by molar-refractivity contribution is 0.0303. The number of ether oxygens (including phenoxy) is 1. The molecule has 0 saturated carbocycles. The maximum atomic E-state index is 12.6. The minimum Gasteiger partial charge on any atom is -0.378 e. The molecular formula is C20H22N4O2. The number of fused-ring (bicyclic) bond motifs is 1. The number of rotatable bonds is 5. The van der Waals surface area contributed by atoms with Gasteiger partial charge in [0.25, 0.3) is 5.91 Å². The van der Waals surface area contributed by atoms with Crippen LogP contribution in [0.4, 0.5) is 5.82 Å². The molecule has 3 heterocycles. The Morgan fingerprint density at radius 2 is 2.08 bits per heavy atom. The lowest BCUT2D eigenvalue weighted by Crippen LogP contribution is -2.40. The summed E-state index contributed by atoms with van der Waals surface area (Å²) in [5, 5.41) is 4.57. The Bertz CT molecular complexity index is 899. The first-order valence-corrected chi connectivity index (χ1v) is 8.93. The van der Waals surface area contributed by atoms with E-state index in [0.29, 0.717) is 31.9 Å². The number of H-pyrrole nitrogens is 1. The molecule has 2 aromatic heterocycles. The summed E-state index contributed by atoms with van der Waals surface area (Å²) >= 11 is 0. The second-order valence-corrected chi connectivity index (χ2v) is 6.37. The molecule has 0 bridgehead atoms. The molecule has 1 saturated heterocycles. The summed E-state index contributed by atoms with van der Waals surface area (Å²) in [7, 11) is 0. The van der Waals surface area contributed by atoms with E-state index in [1.165, 1.54) is 10.9 Å². The van der Waals surface area contributed by atoms with Crippen molar-refractivity contribution >= 4 is 22.6 Å². The molecule has 0 radical (unpaired) electrons. The number of amides is 1. The van der Waals surface area contributed by atoms with Crippen LogP contribution in [0.1, 0.15) is 15.9 Å². The highest BCUT2D eigenvalue weighted by Crippen LogP contribution is 2.18. The average Bonchev–Trinajstić information content (AvgIpc) is 3.12. The minimum absolute atomic E-state index is 0.0374. The maximum absolute atomic E-state index is 12.6. The van der Waals surface area contributed by atoms with Crippen LogP contribution in [0.5, 0.6) is 0 Å². The lowest BCUT2D eigenvalue weighted by Gasteiger charge is -2.26. The topological polar surface area (TPSA) is 70.2 Å². The van der Waals surface area contributed by atoms with Crippen molar-refractivity contribution in [1.82, 2.24) is 14.9 Å². The Kier molecular flexibility index (Phi) is 4.84. The molecule has 0 aliphatic carbocycles. The van der Waals surface area contributed by atoms with Crippen LogP contribution in [-0.4, -0.2) is 53.6 Å². The van der Waals surface area contributed by atoms with Gasteiger partial charge in [0.2, 0.25) is 0 Å². The van der Waals surface area contributed by atoms with E-state index in [1.807, 2.05) is 17.0 Å². The highest BCUT2D eigenvalue weighted by molar-refractivity contribution is 5.94. The van der Waals surface area contributed by atoms with Crippen molar-refractivity contribution in [2.24, 2.45) is 0 Å². The molecule has 0 unspecified atom stereocenters. The fraction of sp³-hybridized carbons (Fsp3) is 0.300. The van der Waals surface area contributed by atoms with Crippen LogP contribution >= 0.6 is 0 Å². The number of morpholine rings is 1. The zero-order valence-electron chi connectivity index (χ0n) is 14.6. The van der Waals surface area contributed by atoms with Gasteiger partial charge in [-0.2, -0.15) is 0 Å². The predicted molar refractivity (Wildman–Crippen MR) is 101 cm³/mol. The molecule has 4 rings (SSSR count). The lowest BCUT2D eigenvalue weighted by atomic mass is 10.1. The monoisotopic (exact) mass is 350 g/mol. The van der Waals surface area contributed by atoms with Crippen LogP contribution in [0.3, 0.4) is 0 Å². The summed E-state index contributed by atoms with van der Waals surface area (Å²) < 4.78 is 5.31. The van der Waals surface area contributed by atoms with E-state index in [2.05, 4.69) is 39.7 Å². The summed E-state index contributed by atoms with van der Waals surface area (Å²) in [6.45, 7) is 3.25. The number of nitrogens with one attached hydrogen (secondary N) is 2. The molecule has 1 aliphatic rings. The van der Waals surface area contributed by atoms with Crippen molar-refractivity contribution in [2.45, 2.75) is 6.42 Å². The standard InChI is InChI=1S/C20H22N4O2/c25-20(24-9-11-26-12-10-24)15-5-7-21-19(13-15)22-8-6-16-14-23-18-4-2-1-3-17(16)18/h1-5,7,13-14,23H,6,8-12H2,(H,21,22). The zero-order valence-corrected chi connectivity index (χ0v) is 14.6. The first-order chi connectivity index (χ1) is 12.8. The molecule has 3 aromatic rings. The van der Waals surface area contributed by atoms with Gasteiger partial charge in [-0.1, -0.05) is 18.2 Å². The van der Waals surface area contributed by atoms with E-state index in [-0.39, 0.29) is 5.91 Å². The van der Waals surface area contributed by atoms with Crippen molar-refractivity contribution in [2.75, 3.05) is 38.2 Å². The fourth-order valence-corrected chi connectivity index (χ4v) is 3.27. The van der Waals surface area contributed by atoms with Gasteiger partial charge in [0, 0.05) is 48.5 Å². The molecule has 0 atom stereocenters. The van der Waals surface area contributed by atoms with Crippen LogP contribution in [0.2, 0.25) is 0 Å². The number of hydrogen-bond acceptors (Lipinski definition) is 4. The summed E-state index contributed by atoms with van der Waals surface area (Å²) in [4.78, 5) is 22.0. The van der Waals surface area contributed by atoms with Gasteiger partial charge < -0.3 is 19.9 Å². The highest BCUT2D eigenvalue weighted by atomic mass is 16.5. The first kappa shape index (κ1) is 16.6. The second-order valence-electron chi connectivity index (χ2n) is 6.37. The number of anilines is 1. The number of carbonyl (C=O) groups is 1. The molecular weight excluding hydrogens is 328 g/mol. The van der Waals surface area contributed by atoms with Gasteiger partial charge in [-0.25, -0.2) is 4.98 Å². The number of para-hydroxylation sites is 1. The van der Waals surface area contributed by atoms with E-state index in [4.69, 9.17) is 4.74 Å².